The molecule has 104 valence electrons. The second-order valence-corrected chi connectivity index (χ2v) is 6.10. The minimum absolute atomic E-state index is 0.252. The molecule has 0 radical (unpaired) electrons. The van der Waals surface area contributed by atoms with Gasteiger partial charge in [-0.15, -0.1) is 0 Å². The van der Waals surface area contributed by atoms with Gasteiger partial charge in [0.2, 0.25) is 0 Å². The number of benzene rings is 1. The maximum absolute atomic E-state index is 12.8. The van der Waals surface area contributed by atoms with Crippen molar-refractivity contribution in [3.63, 3.8) is 0 Å². The first-order valence-electron chi connectivity index (χ1n) is 5.65. The number of anilines is 1. The average molecular weight is 419 g/mol. The summed E-state index contributed by atoms with van der Waals surface area (Å²) in [5, 5.41) is 6.47. The number of hydrogen-bond acceptors (Lipinski definition) is 2. The lowest BCUT2D eigenvalue weighted by atomic mass is 10.2. The molecule has 7 heteroatoms. The molecule has 0 saturated heterocycles. The summed E-state index contributed by atoms with van der Waals surface area (Å²) < 4.78 is 14.5. The van der Waals surface area contributed by atoms with Crippen molar-refractivity contribution >= 4 is 55.0 Å². The summed E-state index contributed by atoms with van der Waals surface area (Å²) in [4.78, 5) is 4.20. The number of nitrogens with one attached hydrogen (secondary N) is 2. The summed E-state index contributed by atoms with van der Waals surface area (Å²) in [6, 6.07) is 8.12. The summed E-state index contributed by atoms with van der Waals surface area (Å²) in [6.07, 6.45) is 1.68. The number of rotatable bonds is 3. The zero-order valence-corrected chi connectivity index (χ0v) is 14.1. The molecule has 0 spiro atoms. The van der Waals surface area contributed by atoms with Crippen LogP contribution in [-0.4, -0.2) is 10.1 Å². The van der Waals surface area contributed by atoms with Crippen molar-refractivity contribution in [2.24, 2.45) is 0 Å². The molecule has 20 heavy (non-hydrogen) atoms. The van der Waals surface area contributed by atoms with Crippen LogP contribution in [0.2, 0.25) is 0 Å². The van der Waals surface area contributed by atoms with Gasteiger partial charge in [-0.1, -0.05) is 12.1 Å². The lowest BCUT2D eigenvalue weighted by molar-refractivity contribution is 0.627. The quantitative estimate of drug-likeness (QED) is 0.731. The number of hydrogen-bond donors (Lipinski definition) is 2. The fourth-order valence-corrected chi connectivity index (χ4v) is 2.70. The second-order valence-electron chi connectivity index (χ2n) is 3.92. The zero-order valence-electron chi connectivity index (χ0n) is 10.2. The number of halogens is 3. The maximum atomic E-state index is 12.8. The van der Waals surface area contributed by atoms with Gasteiger partial charge in [0.25, 0.3) is 0 Å². The normalized spacial score (nSPS) is 10.2. The van der Waals surface area contributed by atoms with Crippen LogP contribution in [0, 0.1) is 5.82 Å². The third-order valence-corrected chi connectivity index (χ3v) is 3.69. The molecular weight excluding hydrogens is 409 g/mol. The lowest BCUT2D eigenvalue weighted by Gasteiger charge is -2.11. The smallest absolute Gasteiger partial charge is 0.172 e. The van der Waals surface area contributed by atoms with E-state index in [2.05, 4.69) is 47.5 Å². The van der Waals surface area contributed by atoms with Crippen molar-refractivity contribution in [2.75, 3.05) is 5.32 Å². The predicted molar refractivity (Wildman–Crippen MR) is 89.1 cm³/mol. The van der Waals surface area contributed by atoms with E-state index in [1.54, 1.807) is 18.3 Å². The zero-order chi connectivity index (χ0) is 14.5. The molecule has 1 heterocycles. The molecule has 2 rings (SSSR count). The summed E-state index contributed by atoms with van der Waals surface area (Å²) in [5.41, 5.74) is 0.943. The van der Waals surface area contributed by atoms with Gasteiger partial charge in [0.05, 0.1) is 4.47 Å². The fraction of sp³-hybridized carbons (Fsp3) is 0.0769. The maximum Gasteiger partial charge on any atom is 0.172 e. The third-order valence-electron chi connectivity index (χ3n) is 2.41. The van der Waals surface area contributed by atoms with E-state index in [9.17, 15) is 4.39 Å². The van der Waals surface area contributed by atoms with E-state index in [0.29, 0.717) is 17.5 Å². The van der Waals surface area contributed by atoms with E-state index in [4.69, 9.17) is 12.2 Å². The van der Waals surface area contributed by atoms with Crippen LogP contribution in [-0.2, 0) is 6.54 Å². The second kappa shape index (κ2) is 7.10. The van der Waals surface area contributed by atoms with Gasteiger partial charge in [0.1, 0.15) is 11.6 Å². The summed E-state index contributed by atoms with van der Waals surface area (Å²) in [5.74, 6) is 0.377. The molecule has 2 aromatic rings. The van der Waals surface area contributed by atoms with Gasteiger partial charge in [-0.05, 0) is 67.8 Å². The fourth-order valence-electron chi connectivity index (χ4n) is 1.44. The van der Waals surface area contributed by atoms with Crippen LogP contribution < -0.4 is 10.6 Å². The highest BCUT2D eigenvalue weighted by Gasteiger charge is 2.04. The standard InChI is InChI=1S/C13H10Br2FN3S/c14-9-5-11(15)12(17-7-9)19-13(20)18-6-8-1-3-10(16)4-2-8/h1-5,7H,6H2,(H2,17,18,19,20). The number of nitrogens with zero attached hydrogens (tertiary/aromatic N) is 1. The molecule has 0 aliphatic carbocycles. The molecule has 0 atom stereocenters. The highest BCUT2D eigenvalue weighted by atomic mass is 79.9. The molecule has 0 amide bonds. The van der Waals surface area contributed by atoms with Crippen LogP contribution in [0.5, 0.6) is 0 Å². The SMILES string of the molecule is Fc1ccc(CNC(=S)Nc2ncc(Br)cc2Br)cc1. The van der Waals surface area contributed by atoms with Gasteiger partial charge in [-0.3, -0.25) is 0 Å². The Morgan fingerprint density at radius 3 is 2.60 bits per heavy atom. The Balaban J connectivity index is 1.90. The Labute approximate surface area is 138 Å². The van der Waals surface area contributed by atoms with Crippen molar-refractivity contribution < 1.29 is 4.39 Å². The van der Waals surface area contributed by atoms with Crippen molar-refractivity contribution in [3.05, 3.63) is 56.9 Å². The molecule has 3 nitrogen and oxygen atoms in total. The number of pyridine rings is 1. The molecule has 0 aliphatic rings. The van der Waals surface area contributed by atoms with E-state index >= 15 is 0 Å². The first kappa shape index (κ1) is 15.3. The summed E-state index contributed by atoms with van der Waals surface area (Å²) in [6.45, 7) is 0.514. The van der Waals surface area contributed by atoms with E-state index in [0.717, 1.165) is 14.5 Å². The van der Waals surface area contributed by atoms with Crippen molar-refractivity contribution in [2.45, 2.75) is 6.54 Å². The first-order chi connectivity index (χ1) is 9.54. The highest BCUT2D eigenvalue weighted by molar-refractivity contribution is 9.11. The van der Waals surface area contributed by atoms with Crippen molar-refractivity contribution in [1.29, 1.82) is 0 Å². The van der Waals surface area contributed by atoms with Gasteiger partial charge in [-0.25, -0.2) is 9.37 Å². The molecule has 0 fully saturated rings. The van der Waals surface area contributed by atoms with Crippen LogP contribution in [0.1, 0.15) is 5.56 Å². The van der Waals surface area contributed by atoms with Crippen LogP contribution in [0.3, 0.4) is 0 Å². The number of aromatic nitrogens is 1. The van der Waals surface area contributed by atoms with Crippen LogP contribution >= 0.6 is 44.1 Å². The van der Waals surface area contributed by atoms with Crippen LogP contribution in [0.15, 0.2) is 45.5 Å². The molecular formula is C13H10Br2FN3S. The average Bonchev–Trinajstić information content (AvgIpc) is 2.41. The largest absolute Gasteiger partial charge is 0.358 e. The van der Waals surface area contributed by atoms with Crippen LogP contribution in [0.25, 0.3) is 0 Å². The molecule has 0 unspecified atom stereocenters. The van der Waals surface area contributed by atoms with Gasteiger partial charge < -0.3 is 10.6 Å². The minimum Gasteiger partial charge on any atom is -0.358 e. The Bertz CT molecular complexity index is 620. The number of thiocarbonyl (C=S) groups is 1. The molecule has 0 bridgehead atoms. The summed E-state index contributed by atoms with van der Waals surface area (Å²) in [7, 11) is 0. The van der Waals surface area contributed by atoms with Crippen LogP contribution in [0.4, 0.5) is 10.2 Å². The Morgan fingerprint density at radius 2 is 1.95 bits per heavy atom. The Hall–Kier alpha value is -1.05. The van der Waals surface area contributed by atoms with E-state index in [1.807, 2.05) is 6.07 Å². The van der Waals surface area contributed by atoms with Gasteiger partial charge in [-0.2, -0.15) is 0 Å². The Morgan fingerprint density at radius 1 is 1.25 bits per heavy atom. The Kier molecular flexibility index (Phi) is 5.45. The van der Waals surface area contributed by atoms with Gasteiger partial charge in [0.15, 0.2) is 5.11 Å². The topological polar surface area (TPSA) is 37.0 Å². The van der Waals surface area contributed by atoms with Crippen molar-refractivity contribution in [1.82, 2.24) is 10.3 Å². The van der Waals surface area contributed by atoms with Crippen molar-refractivity contribution in [3.8, 4) is 0 Å². The summed E-state index contributed by atoms with van der Waals surface area (Å²) >= 11 is 11.9. The monoisotopic (exact) mass is 417 g/mol. The third kappa shape index (κ3) is 4.50. The highest BCUT2D eigenvalue weighted by Crippen LogP contribution is 2.23. The molecule has 2 N–H and O–H groups in total. The molecule has 1 aromatic carbocycles. The first-order valence-corrected chi connectivity index (χ1v) is 7.64. The lowest BCUT2D eigenvalue weighted by Crippen LogP contribution is -2.28. The van der Waals surface area contributed by atoms with Gasteiger partial charge in [0, 0.05) is 17.2 Å². The van der Waals surface area contributed by atoms with E-state index < -0.39 is 0 Å². The minimum atomic E-state index is -0.252. The predicted octanol–water partition coefficient (Wildman–Crippen LogP) is 4.23. The van der Waals surface area contributed by atoms with E-state index in [1.165, 1.54) is 12.1 Å². The molecule has 1 aromatic heterocycles. The van der Waals surface area contributed by atoms with Gasteiger partial charge >= 0.3 is 0 Å². The molecule has 0 aliphatic heterocycles. The molecule has 0 saturated carbocycles. The van der Waals surface area contributed by atoms with E-state index in [-0.39, 0.29) is 5.82 Å².